The summed E-state index contributed by atoms with van der Waals surface area (Å²) in [6.07, 6.45) is 1.81. The van der Waals surface area contributed by atoms with Gasteiger partial charge < -0.3 is 9.84 Å². The third kappa shape index (κ3) is 4.66. The lowest BCUT2D eigenvalue weighted by Gasteiger charge is -2.19. The Bertz CT molecular complexity index is 988. The van der Waals surface area contributed by atoms with Gasteiger partial charge in [-0.15, -0.1) is 0 Å². The van der Waals surface area contributed by atoms with E-state index in [4.69, 9.17) is 21.4 Å². The van der Waals surface area contributed by atoms with Crippen LogP contribution < -0.4 is 9.64 Å². The van der Waals surface area contributed by atoms with Crippen molar-refractivity contribution in [3.63, 3.8) is 0 Å². The van der Waals surface area contributed by atoms with E-state index in [0.29, 0.717) is 27.4 Å². The fourth-order valence-corrected chi connectivity index (χ4v) is 4.22. The van der Waals surface area contributed by atoms with Crippen molar-refractivity contribution in [3.05, 3.63) is 63.0 Å². The number of aliphatic hydroxyl groups is 1. The van der Waals surface area contributed by atoms with Crippen molar-refractivity contribution in [3.8, 4) is 5.75 Å². The van der Waals surface area contributed by atoms with E-state index in [9.17, 15) is 4.79 Å². The number of nitrogens with zero attached hydrogens (tertiary/aromatic N) is 2. The third-order valence-corrected chi connectivity index (χ3v) is 5.82. The Morgan fingerprint density at radius 1 is 1.28 bits per heavy atom. The van der Waals surface area contributed by atoms with Gasteiger partial charge in [-0.2, -0.15) is 0 Å². The van der Waals surface area contributed by atoms with Crippen LogP contribution in [0.25, 0.3) is 6.08 Å². The number of ether oxygens (including phenoxy) is 1. The first-order chi connectivity index (χ1) is 14.0. The Balaban J connectivity index is 1.95. The summed E-state index contributed by atoms with van der Waals surface area (Å²) < 4.78 is 5.38. The smallest absolute Gasteiger partial charge is 0.271 e. The Morgan fingerprint density at radius 2 is 2.07 bits per heavy atom. The molecule has 1 N–H and O–H groups in total. The molecule has 5 nitrogen and oxygen atoms in total. The molecule has 0 saturated carbocycles. The van der Waals surface area contributed by atoms with Crippen LogP contribution in [0.15, 0.2) is 46.3 Å². The molecule has 0 atom stereocenters. The van der Waals surface area contributed by atoms with Crippen molar-refractivity contribution in [2.45, 2.75) is 20.8 Å². The molecule has 0 unspecified atom stereocenters. The monoisotopic (exact) mass is 430 g/mol. The van der Waals surface area contributed by atoms with Crippen LogP contribution in [0.4, 0.5) is 5.69 Å². The number of halogens is 1. The Kier molecular flexibility index (Phi) is 7.00. The quantitative estimate of drug-likeness (QED) is 0.667. The first kappa shape index (κ1) is 21.4. The van der Waals surface area contributed by atoms with Crippen LogP contribution in [0.3, 0.4) is 0 Å². The second-order valence-electron chi connectivity index (χ2n) is 6.49. The minimum Gasteiger partial charge on any atom is -0.490 e. The van der Waals surface area contributed by atoms with Gasteiger partial charge in [0.05, 0.1) is 22.2 Å². The molecule has 1 amide bonds. The average Bonchev–Trinajstić information content (AvgIpc) is 2.99. The topological polar surface area (TPSA) is 62.1 Å². The Hall–Kier alpha value is -2.28. The highest BCUT2D eigenvalue weighted by atomic mass is 35.5. The highest BCUT2D eigenvalue weighted by Crippen LogP contribution is 2.38. The van der Waals surface area contributed by atoms with Crippen molar-refractivity contribution < 1.29 is 14.6 Å². The molecule has 152 valence electrons. The lowest BCUT2D eigenvalue weighted by Crippen LogP contribution is -2.29. The normalized spacial score (nSPS) is 16.9. The van der Waals surface area contributed by atoms with Gasteiger partial charge in [-0.25, -0.2) is 0 Å². The van der Waals surface area contributed by atoms with Gasteiger partial charge >= 0.3 is 0 Å². The van der Waals surface area contributed by atoms with Gasteiger partial charge in [0, 0.05) is 6.54 Å². The molecule has 0 aromatic heterocycles. The van der Waals surface area contributed by atoms with Gasteiger partial charge in [0.2, 0.25) is 0 Å². The molecule has 1 saturated heterocycles. The molecule has 0 radical (unpaired) electrons. The van der Waals surface area contributed by atoms with E-state index in [1.807, 2.05) is 51.1 Å². The summed E-state index contributed by atoms with van der Waals surface area (Å²) in [6.45, 7) is 6.68. The van der Waals surface area contributed by atoms with Crippen molar-refractivity contribution in [1.82, 2.24) is 0 Å². The minimum absolute atomic E-state index is 0.0823. The van der Waals surface area contributed by atoms with E-state index >= 15 is 0 Å². The summed E-state index contributed by atoms with van der Waals surface area (Å²) in [7, 11) is 0. The van der Waals surface area contributed by atoms with Gasteiger partial charge in [0.25, 0.3) is 5.91 Å². The molecule has 7 heteroatoms. The molecule has 1 fully saturated rings. The number of aliphatic imine (C=N–C) groups is 1. The zero-order chi connectivity index (χ0) is 21.0. The second kappa shape index (κ2) is 9.48. The zero-order valence-electron chi connectivity index (χ0n) is 16.6. The molecule has 1 heterocycles. The van der Waals surface area contributed by atoms with Gasteiger partial charge in [-0.1, -0.05) is 29.8 Å². The predicted molar refractivity (Wildman–Crippen MR) is 121 cm³/mol. The van der Waals surface area contributed by atoms with Crippen LogP contribution >= 0.6 is 23.4 Å². The number of rotatable bonds is 6. The number of anilines is 1. The van der Waals surface area contributed by atoms with E-state index in [0.717, 1.165) is 22.4 Å². The first-order valence-electron chi connectivity index (χ1n) is 9.34. The highest BCUT2D eigenvalue weighted by molar-refractivity contribution is 8.19. The number of amides is 1. The molecule has 2 aromatic rings. The number of amidine groups is 1. The molecular weight excluding hydrogens is 408 g/mol. The number of aliphatic hydroxyl groups excluding tert-OH is 1. The van der Waals surface area contributed by atoms with Crippen molar-refractivity contribution in [2.24, 2.45) is 4.99 Å². The highest BCUT2D eigenvalue weighted by Gasteiger charge is 2.35. The fourth-order valence-electron chi connectivity index (χ4n) is 2.94. The molecule has 2 aromatic carbocycles. The number of thioether (sulfide) groups is 1. The summed E-state index contributed by atoms with van der Waals surface area (Å²) in [5.74, 6) is 0.395. The maximum atomic E-state index is 13.2. The van der Waals surface area contributed by atoms with Crippen LogP contribution in [0.5, 0.6) is 5.75 Å². The van der Waals surface area contributed by atoms with Crippen LogP contribution in [0.2, 0.25) is 5.02 Å². The third-order valence-electron chi connectivity index (χ3n) is 4.52. The van der Waals surface area contributed by atoms with E-state index in [1.165, 1.54) is 11.8 Å². The van der Waals surface area contributed by atoms with Crippen molar-refractivity contribution in [1.29, 1.82) is 0 Å². The summed E-state index contributed by atoms with van der Waals surface area (Å²) in [6, 6.07) is 11.2. The van der Waals surface area contributed by atoms with Crippen LogP contribution in [-0.2, 0) is 4.79 Å². The number of hydrogen-bond donors (Lipinski definition) is 1. The molecule has 29 heavy (non-hydrogen) atoms. The van der Waals surface area contributed by atoms with E-state index in [1.54, 1.807) is 17.0 Å². The number of carbonyl (C=O) groups is 1. The molecule has 0 bridgehead atoms. The van der Waals surface area contributed by atoms with E-state index in [2.05, 4.69) is 4.99 Å². The van der Waals surface area contributed by atoms with Crippen LogP contribution in [0, 0.1) is 13.8 Å². The first-order valence-corrected chi connectivity index (χ1v) is 10.5. The second-order valence-corrected chi connectivity index (χ2v) is 7.91. The van der Waals surface area contributed by atoms with Gasteiger partial charge in [-0.05, 0) is 73.5 Å². The standard InChI is InChI=1S/C22H23ClN2O3S/c1-4-24-22-25(18-7-5-6-14(2)15(18)3)21(27)20(29-22)13-16-8-9-19(17(23)12-16)28-11-10-26/h5-9,12-13,26H,4,10-11H2,1-3H3/b20-13-,24-22?. The maximum Gasteiger partial charge on any atom is 0.271 e. The zero-order valence-corrected chi connectivity index (χ0v) is 18.2. The van der Waals surface area contributed by atoms with E-state index in [-0.39, 0.29) is 19.1 Å². The van der Waals surface area contributed by atoms with Crippen molar-refractivity contribution >= 4 is 46.2 Å². The van der Waals surface area contributed by atoms with Gasteiger partial charge in [-0.3, -0.25) is 14.7 Å². The summed E-state index contributed by atoms with van der Waals surface area (Å²) in [4.78, 5) is 20.0. The molecular formula is C22H23ClN2O3S. The molecule has 0 aliphatic carbocycles. The summed E-state index contributed by atoms with van der Waals surface area (Å²) >= 11 is 7.63. The molecule has 1 aliphatic heterocycles. The Morgan fingerprint density at radius 3 is 2.76 bits per heavy atom. The van der Waals surface area contributed by atoms with E-state index < -0.39 is 0 Å². The maximum absolute atomic E-state index is 13.2. The van der Waals surface area contributed by atoms with Gasteiger partial charge in [0.1, 0.15) is 12.4 Å². The predicted octanol–water partition coefficient (Wildman–Crippen LogP) is 4.82. The molecule has 3 rings (SSSR count). The summed E-state index contributed by atoms with van der Waals surface area (Å²) in [5, 5.41) is 9.98. The molecule has 1 aliphatic rings. The molecule has 0 spiro atoms. The number of aryl methyl sites for hydroxylation is 1. The minimum atomic E-state index is -0.104. The van der Waals surface area contributed by atoms with Gasteiger partial charge in [0.15, 0.2) is 5.17 Å². The number of benzene rings is 2. The van der Waals surface area contributed by atoms with Crippen molar-refractivity contribution in [2.75, 3.05) is 24.7 Å². The lowest BCUT2D eigenvalue weighted by atomic mass is 10.1. The lowest BCUT2D eigenvalue weighted by molar-refractivity contribution is -0.113. The Labute approximate surface area is 180 Å². The fraction of sp³-hybridized carbons (Fsp3) is 0.273. The van der Waals surface area contributed by atoms with Crippen LogP contribution in [-0.4, -0.2) is 35.9 Å². The average molecular weight is 431 g/mol. The number of carbonyl (C=O) groups excluding carboxylic acids is 1. The van der Waals surface area contributed by atoms with Crippen LogP contribution in [0.1, 0.15) is 23.6 Å². The summed E-state index contributed by atoms with van der Waals surface area (Å²) in [5.41, 5.74) is 3.82. The number of hydrogen-bond acceptors (Lipinski definition) is 5. The largest absolute Gasteiger partial charge is 0.490 e. The SMILES string of the molecule is CCN=C1S/C(=C\c2ccc(OCCO)c(Cl)c2)C(=O)N1c1cccc(C)c1C.